The van der Waals surface area contributed by atoms with Crippen LogP contribution >= 0.6 is 22.9 Å². The quantitative estimate of drug-likeness (QED) is 0.454. The SMILES string of the molecule is Cc1cc(C)n(-c2ccc(Cl)c(C(=O)OCc3noc(-c4cccs4)n3)n2)n1. The molecule has 4 heterocycles. The fourth-order valence-corrected chi connectivity index (χ4v) is 3.39. The summed E-state index contributed by atoms with van der Waals surface area (Å²) in [6, 6.07) is 8.93. The number of halogens is 1. The summed E-state index contributed by atoms with van der Waals surface area (Å²) in [5.41, 5.74) is 1.73. The third-order valence-corrected chi connectivity index (χ3v) is 4.95. The fraction of sp³-hybridized carbons (Fsp3) is 0.167. The van der Waals surface area contributed by atoms with Gasteiger partial charge in [-0.3, -0.25) is 0 Å². The molecule has 0 aliphatic rings. The van der Waals surface area contributed by atoms with Gasteiger partial charge in [0.15, 0.2) is 18.1 Å². The zero-order chi connectivity index (χ0) is 19.7. The minimum atomic E-state index is -0.684. The normalized spacial score (nSPS) is 11.0. The van der Waals surface area contributed by atoms with E-state index in [2.05, 4.69) is 20.2 Å². The van der Waals surface area contributed by atoms with Crippen molar-refractivity contribution in [3.63, 3.8) is 0 Å². The van der Waals surface area contributed by atoms with Gasteiger partial charge < -0.3 is 9.26 Å². The molecule has 0 N–H and O–H groups in total. The molecule has 4 aromatic rings. The number of ether oxygens (including phenoxy) is 1. The molecule has 4 aromatic heterocycles. The third-order valence-electron chi connectivity index (χ3n) is 3.78. The highest BCUT2D eigenvalue weighted by Crippen LogP contribution is 2.23. The van der Waals surface area contributed by atoms with Crippen molar-refractivity contribution in [2.24, 2.45) is 0 Å². The Hall–Kier alpha value is -3.04. The Morgan fingerprint density at radius 1 is 1.29 bits per heavy atom. The summed E-state index contributed by atoms with van der Waals surface area (Å²) in [6.45, 7) is 3.62. The highest BCUT2D eigenvalue weighted by molar-refractivity contribution is 7.13. The predicted octanol–water partition coefficient (Wildman–Crippen LogP) is 4.01. The summed E-state index contributed by atoms with van der Waals surface area (Å²) in [7, 11) is 0. The fourth-order valence-electron chi connectivity index (χ4n) is 2.57. The summed E-state index contributed by atoms with van der Waals surface area (Å²) in [5, 5.41) is 10.3. The summed E-state index contributed by atoms with van der Waals surface area (Å²) < 4.78 is 12.1. The van der Waals surface area contributed by atoms with Gasteiger partial charge in [-0.05, 0) is 43.5 Å². The Labute approximate surface area is 168 Å². The van der Waals surface area contributed by atoms with Gasteiger partial charge in [0.25, 0.3) is 5.89 Å². The number of pyridine rings is 1. The molecule has 0 aliphatic carbocycles. The van der Waals surface area contributed by atoms with E-state index in [0.29, 0.717) is 11.7 Å². The van der Waals surface area contributed by atoms with Crippen molar-refractivity contribution in [1.82, 2.24) is 24.9 Å². The molecule has 0 radical (unpaired) electrons. The number of nitrogens with zero attached hydrogens (tertiary/aromatic N) is 5. The van der Waals surface area contributed by atoms with E-state index in [1.807, 2.05) is 37.4 Å². The minimum absolute atomic E-state index is 0.00584. The standard InChI is InChI=1S/C18H14ClN5O3S/c1-10-8-11(2)24(22-10)15-6-5-12(19)16(21-15)18(25)26-9-14-20-17(27-23-14)13-4-3-7-28-13/h3-8H,9H2,1-2H3. The summed E-state index contributed by atoms with van der Waals surface area (Å²) >= 11 is 7.61. The van der Waals surface area contributed by atoms with E-state index in [0.717, 1.165) is 16.3 Å². The van der Waals surface area contributed by atoms with Crippen LogP contribution in [0.5, 0.6) is 0 Å². The Morgan fingerprint density at radius 3 is 2.86 bits per heavy atom. The minimum Gasteiger partial charge on any atom is -0.453 e. The number of rotatable bonds is 5. The van der Waals surface area contributed by atoms with Crippen LogP contribution < -0.4 is 0 Å². The molecule has 0 amide bonds. The maximum atomic E-state index is 12.5. The smallest absolute Gasteiger partial charge is 0.359 e. The van der Waals surface area contributed by atoms with E-state index in [-0.39, 0.29) is 23.1 Å². The van der Waals surface area contributed by atoms with Gasteiger partial charge in [-0.2, -0.15) is 10.1 Å². The predicted molar refractivity (Wildman–Crippen MR) is 103 cm³/mol. The highest BCUT2D eigenvalue weighted by atomic mass is 35.5. The molecule has 0 unspecified atom stereocenters. The molecule has 10 heteroatoms. The average molecular weight is 416 g/mol. The van der Waals surface area contributed by atoms with E-state index in [4.69, 9.17) is 20.9 Å². The van der Waals surface area contributed by atoms with Crippen LogP contribution in [0.3, 0.4) is 0 Å². The molecule has 0 aromatic carbocycles. The number of thiophene rings is 1. The van der Waals surface area contributed by atoms with Crippen LogP contribution in [-0.4, -0.2) is 30.9 Å². The topological polar surface area (TPSA) is 95.9 Å². The van der Waals surface area contributed by atoms with Crippen LogP contribution in [0.25, 0.3) is 16.6 Å². The molecule has 0 bridgehead atoms. The second kappa shape index (κ2) is 7.53. The first-order chi connectivity index (χ1) is 13.5. The zero-order valence-electron chi connectivity index (χ0n) is 14.9. The molecule has 4 rings (SSSR count). The van der Waals surface area contributed by atoms with Crippen LogP contribution in [0.4, 0.5) is 0 Å². The Kier molecular flexibility index (Phi) is 4.93. The highest BCUT2D eigenvalue weighted by Gasteiger charge is 2.18. The first-order valence-corrected chi connectivity index (χ1v) is 9.51. The van der Waals surface area contributed by atoms with E-state index in [1.165, 1.54) is 11.3 Å². The van der Waals surface area contributed by atoms with Crippen LogP contribution in [-0.2, 0) is 11.3 Å². The lowest BCUT2D eigenvalue weighted by Gasteiger charge is -2.07. The summed E-state index contributed by atoms with van der Waals surface area (Å²) in [6.07, 6.45) is 0. The summed E-state index contributed by atoms with van der Waals surface area (Å²) in [5.74, 6) is 0.420. The molecule has 0 fully saturated rings. The van der Waals surface area contributed by atoms with Crippen molar-refractivity contribution in [2.45, 2.75) is 20.5 Å². The van der Waals surface area contributed by atoms with Gasteiger partial charge in [0.05, 0.1) is 15.6 Å². The zero-order valence-corrected chi connectivity index (χ0v) is 16.5. The number of carbonyl (C=O) groups is 1. The number of aromatic nitrogens is 5. The van der Waals surface area contributed by atoms with E-state index in [9.17, 15) is 4.79 Å². The lowest BCUT2D eigenvalue weighted by molar-refractivity contribution is 0.0453. The number of aryl methyl sites for hydroxylation is 2. The largest absolute Gasteiger partial charge is 0.453 e. The van der Waals surface area contributed by atoms with E-state index in [1.54, 1.807) is 16.8 Å². The van der Waals surface area contributed by atoms with Crippen molar-refractivity contribution < 1.29 is 14.1 Å². The van der Waals surface area contributed by atoms with Gasteiger partial charge in [-0.15, -0.1) is 11.3 Å². The van der Waals surface area contributed by atoms with Crippen molar-refractivity contribution in [2.75, 3.05) is 0 Å². The third kappa shape index (κ3) is 3.67. The number of esters is 1. The molecule has 0 atom stereocenters. The molecule has 0 saturated heterocycles. The molecule has 142 valence electrons. The van der Waals surface area contributed by atoms with Gasteiger partial charge in [0.1, 0.15) is 0 Å². The van der Waals surface area contributed by atoms with Crippen molar-refractivity contribution in [1.29, 1.82) is 0 Å². The van der Waals surface area contributed by atoms with Crippen molar-refractivity contribution >= 4 is 28.9 Å². The molecule has 0 spiro atoms. The van der Waals surface area contributed by atoms with E-state index < -0.39 is 5.97 Å². The molecule has 0 aliphatic heterocycles. The number of hydrogen-bond acceptors (Lipinski definition) is 8. The number of hydrogen-bond donors (Lipinski definition) is 0. The summed E-state index contributed by atoms with van der Waals surface area (Å²) in [4.78, 5) is 21.8. The monoisotopic (exact) mass is 415 g/mol. The van der Waals surface area contributed by atoms with Crippen molar-refractivity contribution in [3.05, 3.63) is 63.6 Å². The Bertz CT molecular complexity index is 1140. The average Bonchev–Trinajstić information content (AvgIpc) is 3.41. The van der Waals surface area contributed by atoms with Gasteiger partial charge in [-0.25, -0.2) is 14.5 Å². The van der Waals surface area contributed by atoms with Gasteiger partial charge >= 0.3 is 5.97 Å². The van der Waals surface area contributed by atoms with Crippen LogP contribution in [0, 0.1) is 13.8 Å². The molecule has 28 heavy (non-hydrogen) atoms. The maximum absolute atomic E-state index is 12.5. The number of carbonyl (C=O) groups excluding carboxylic acids is 1. The van der Waals surface area contributed by atoms with Gasteiger partial charge in [-0.1, -0.05) is 22.8 Å². The second-order valence-electron chi connectivity index (χ2n) is 5.91. The Balaban J connectivity index is 1.50. The maximum Gasteiger partial charge on any atom is 0.359 e. The van der Waals surface area contributed by atoms with Gasteiger partial charge in [0, 0.05) is 5.69 Å². The van der Waals surface area contributed by atoms with E-state index >= 15 is 0 Å². The van der Waals surface area contributed by atoms with Crippen LogP contribution in [0.1, 0.15) is 27.7 Å². The van der Waals surface area contributed by atoms with Crippen molar-refractivity contribution in [3.8, 4) is 16.6 Å². The Morgan fingerprint density at radius 2 is 2.14 bits per heavy atom. The molecular formula is C18H14ClN5O3S. The first-order valence-electron chi connectivity index (χ1n) is 8.25. The molecular weight excluding hydrogens is 402 g/mol. The van der Waals surface area contributed by atoms with Crippen LogP contribution in [0.15, 0.2) is 40.2 Å². The molecule has 0 saturated carbocycles. The molecule has 8 nitrogen and oxygen atoms in total. The first kappa shape index (κ1) is 18.3. The van der Waals surface area contributed by atoms with Gasteiger partial charge in [0.2, 0.25) is 5.82 Å². The van der Waals surface area contributed by atoms with Crippen LogP contribution in [0.2, 0.25) is 5.02 Å². The lowest BCUT2D eigenvalue weighted by atomic mass is 10.3. The second-order valence-corrected chi connectivity index (χ2v) is 7.26. The lowest BCUT2D eigenvalue weighted by Crippen LogP contribution is -2.12.